The number of nitriles is 1. The second-order valence-electron chi connectivity index (χ2n) is 6.05. The number of anilines is 1. The standard InChI is InChI=1S/C19H14ClN5O/c20-15-5-3-13(4-6-15)17-7-8-18(26)25(23-17)16-11-24(12-16)19-14(10-21)2-1-9-22-19/h1-9,16H,11-12H2. The lowest BCUT2D eigenvalue weighted by atomic mass is 10.1. The van der Waals surface area contributed by atoms with Crippen LogP contribution in [-0.4, -0.2) is 27.9 Å². The van der Waals surface area contributed by atoms with Crippen molar-refractivity contribution in [3.63, 3.8) is 0 Å². The van der Waals surface area contributed by atoms with Gasteiger partial charge in [-0.05, 0) is 30.3 Å². The van der Waals surface area contributed by atoms with Gasteiger partial charge in [0.25, 0.3) is 5.56 Å². The maximum atomic E-state index is 12.3. The summed E-state index contributed by atoms with van der Waals surface area (Å²) in [7, 11) is 0. The fourth-order valence-corrected chi connectivity index (χ4v) is 3.11. The van der Waals surface area contributed by atoms with E-state index in [-0.39, 0.29) is 11.6 Å². The molecular weight excluding hydrogens is 350 g/mol. The zero-order valence-electron chi connectivity index (χ0n) is 13.7. The van der Waals surface area contributed by atoms with Crippen LogP contribution in [0.5, 0.6) is 0 Å². The molecule has 0 amide bonds. The molecule has 1 aliphatic heterocycles. The lowest BCUT2D eigenvalue weighted by Crippen LogP contribution is -2.51. The molecule has 3 heterocycles. The van der Waals surface area contributed by atoms with E-state index in [2.05, 4.69) is 16.2 Å². The van der Waals surface area contributed by atoms with Gasteiger partial charge in [-0.15, -0.1) is 0 Å². The van der Waals surface area contributed by atoms with E-state index in [0.717, 1.165) is 11.3 Å². The lowest BCUT2D eigenvalue weighted by molar-refractivity contribution is 0.352. The van der Waals surface area contributed by atoms with Gasteiger partial charge in [0.2, 0.25) is 0 Å². The normalized spacial score (nSPS) is 13.9. The van der Waals surface area contributed by atoms with E-state index in [1.807, 2.05) is 17.0 Å². The SMILES string of the molecule is N#Cc1cccnc1N1CC(n2nc(-c3ccc(Cl)cc3)ccc2=O)C1. The molecule has 1 saturated heterocycles. The van der Waals surface area contributed by atoms with E-state index in [1.165, 1.54) is 10.7 Å². The molecule has 26 heavy (non-hydrogen) atoms. The first-order chi connectivity index (χ1) is 12.7. The first-order valence-corrected chi connectivity index (χ1v) is 8.49. The Kier molecular flexibility index (Phi) is 4.15. The van der Waals surface area contributed by atoms with Gasteiger partial charge >= 0.3 is 0 Å². The number of rotatable bonds is 3. The molecule has 4 rings (SSSR count). The fraction of sp³-hybridized carbons (Fsp3) is 0.158. The van der Waals surface area contributed by atoms with Crippen LogP contribution in [0.25, 0.3) is 11.3 Å². The summed E-state index contributed by atoms with van der Waals surface area (Å²) in [6.45, 7) is 1.17. The molecule has 0 atom stereocenters. The minimum absolute atomic E-state index is 0.0525. The highest BCUT2D eigenvalue weighted by Gasteiger charge is 2.32. The molecule has 1 aliphatic rings. The van der Waals surface area contributed by atoms with Crippen molar-refractivity contribution in [2.45, 2.75) is 6.04 Å². The second kappa shape index (κ2) is 6.62. The maximum Gasteiger partial charge on any atom is 0.267 e. The smallest absolute Gasteiger partial charge is 0.267 e. The Morgan fingerprint density at radius 1 is 1.12 bits per heavy atom. The molecule has 1 aromatic carbocycles. The number of halogens is 1. The van der Waals surface area contributed by atoms with Crippen molar-refractivity contribution in [1.29, 1.82) is 5.26 Å². The number of hydrogen-bond donors (Lipinski definition) is 0. The summed E-state index contributed by atoms with van der Waals surface area (Å²) in [6, 6.07) is 16.2. The van der Waals surface area contributed by atoms with Gasteiger partial charge in [-0.2, -0.15) is 10.4 Å². The van der Waals surface area contributed by atoms with E-state index in [4.69, 9.17) is 11.6 Å². The van der Waals surface area contributed by atoms with Gasteiger partial charge < -0.3 is 4.90 Å². The van der Waals surface area contributed by atoms with Crippen LogP contribution in [-0.2, 0) is 0 Å². The topological polar surface area (TPSA) is 74.8 Å². The van der Waals surface area contributed by atoms with Crippen molar-refractivity contribution in [3.8, 4) is 17.3 Å². The van der Waals surface area contributed by atoms with Crippen LogP contribution in [0, 0.1) is 11.3 Å². The number of benzene rings is 1. The molecule has 1 fully saturated rings. The van der Waals surface area contributed by atoms with Crippen molar-refractivity contribution in [3.05, 3.63) is 75.7 Å². The Bertz CT molecular complexity index is 1050. The Morgan fingerprint density at radius 2 is 1.88 bits per heavy atom. The Morgan fingerprint density at radius 3 is 2.62 bits per heavy atom. The molecule has 0 radical (unpaired) electrons. The predicted molar refractivity (Wildman–Crippen MR) is 99.1 cm³/mol. The van der Waals surface area contributed by atoms with Crippen LogP contribution >= 0.6 is 11.6 Å². The molecule has 3 aromatic rings. The molecular formula is C19H14ClN5O. The van der Waals surface area contributed by atoms with E-state index < -0.39 is 0 Å². The molecule has 0 N–H and O–H groups in total. The molecule has 0 saturated carbocycles. The Hall–Kier alpha value is -3.17. The molecule has 0 spiro atoms. The van der Waals surface area contributed by atoms with E-state index in [9.17, 15) is 10.1 Å². The number of aromatic nitrogens is 3. The van der Waals surface area contributed by atoms with Crippen LogP contribution in [0.1, 0.15) is 11.6 Å². The zero-order valence-corrected chi connectivity index (χ0v) is 14.5. The maximum absolute atomic E-state index is 12.3. The van der Waals surface area contributed by atoms with Gasteiger partial charge in [-0.25, -0.2) is 9.67 Å². The van der Waals surface area contributed by atoms with Gasteiger partial charge in [-0.1, -0.05) is 23.7 Å². The van der Waals surface area contributed by atoms with Gasteiger partial charge in [0.15, 0.2) is 0 Å². The van der Waals surface area contributed by atoms with Crippen molar-refractivity contribution >= 4 is 17.4 Å². The minimum atomic E-state index is -0.145. The van der Waals surface area contributed by atoms with Crippen LogP contribution < -0.4 is 10.5 Å². The average molecular weight is 364 g/mol. The van der Waals surface area contributed by atoms with Crippen LogP contribution in [0.2, 0.25) is 5.02 Å². The highest BCUT2D eigenvalue weighted by atomic mass is 35.5. The second-order valence-corrected chi connectivity index (χ2v) is 6.49. The van der Waals surface area contributed by atoms with Crippen LogP contribution in [0.3, 0.4) is 0 Å². The van der Waals surface area contributed by atoms with Crippen molar-refractivity contribution in [1.82, 2.24) is 14.8 Å². The summed E-state index contributed by atoms with van der Waals surface area (Å²) < 4.78 is 1.51. The molecule has 7 heteroatoms. The predicted octanol–water partition coefficient (Wildman–Crippen LogP) is 2.89. The third-order valence-corrected chi connectivity index (χ3v) is 4.63. The van der Waals surface area contributed by atoms with E-state index >= 15 is 0 Å². The zero-order chi connectivity index (χ0) is 18.1. The summed E-state index contributed by atoms with van der Waals surface area (Å²) in [5.74, 6) is 0.646. The largest absolute Gasteiger partial charge is 0.351 e. The van der Waals surface area contributed by atoms with Crippen LogP contribution in [0.4, 0.5) is 5.82 Å². The van der Waals surface area contributed by atoms with Gasteiger partial charge in [-0.3, -0.25) is 4.79 Å². The van der Waals surface area contributed by atoms with E-state index in [0.29, 0.717) is 29.5 Å². The molecule has 2 aromatic heterocycles. The van der Waals surface area contributed by atoms with Crippen LogP contribution in [0.15, 0.2) is 59.5 Å². The fourth-order valence-electron chi connectivity index (χ4n) is 2.98. The van der Waals surface area contributed by atoms with Crippen molar-refractivity contribution in [2.24, 2.45) is 0 Å². The number of pyridine rings is 1. The first kappa shape index (κ1) is 16.3. The third-order valence-electron chi connectivity index (χ3n) is 4.38. The summed E-state index contributed by atoms with van der Waals surface area (Å²) in [4.78, 5) is 18.5. The molecule has 128 valence electrons. The Balaban J connectivity index is 1.58. The van der Waals surface area contributed by atoms with Gasteiger partial charge in [0.05, 0.1) is 17.3 Å². The third kappa shape index (κ3) is 2.93. The molecule has 0 aliphatic carbocycles. The lowest BCUT2D eigenvalue weighted by Gasteiger charge is -2.40. The summed E-state index contributed by atoms with van der Waals surface area (Å²) in [6.07, 6.45) is 1.66. The highest BCUT2D eigenvalue weighted by Crippen LogP contribution is 2.28. The first-order valence-electron chi connectivity index (χ1n) is 8.11. The van der Waals surface area contributed by atoms with Crippen molar-refractivity contribution < 1.29 is 0 Å². The number of nitrogens with zero attached hydrogens (tertiary/aromatic N) is 5. The highest BCUT2D eigenvalue weighted by molar-refractivity contribution is 6.30. The van der Waals surface area contributed by atoms with Gasteiger partial charge in [0.1, 0.15) is 11.9 Å². The summed E-state index contributed by atoms with van der Waals surface area (Å²) in [5, 5.41) is 14.4. The summed E-state index contributed by atoms with van der Waals surface area (Å²) in [5.41, 5.74) is 2.00. The average Bonchev–Trinajstić information content (AvgIpc) is 2.63. The Labute approximate surface area is 154 Å². The van der Waals surface area contributed by atoms with Gasteiger partial charge in [0, 0.05) is 35.9 Å². The van der Waals surface area contributed by atoms with E-state index in [1.54, 1.807) is 36.5 Å². The molecule has 0 bridgehead atoms. The quantitative estimate of drug-likeness (QED) is 0.715. The minimum Gasteiger partial charge on any atom is -0.351 e. The molecule has 0 unspecified atom stereocenters. The monoisotopic (exact) mass is 363 g/mol. The number of hydrogen-bond acceptors (Lipinski definition) is 5. The summed E-state index contributed by atoms with van der Waals surface area (Å²) >= 11 is 5.93. The van der Waals surface area contributed by atoms with Crippen molar-refractivity contribution in [2.75, 3.05) is 18.0 Å². The molecule has 6 nitrogen and oxygen atoms in total.